The lowest BCUT2D eigenvalue weighted by Gasteiger charge is -2.34. The van der Waals surface area contributed by atoms with E-state index in [0.29, 0.717) is 11.4 Å². The smallest absolute Gasteiger partial charge is 0.323 e. The van der Waals surface area contributed by atoms with Crippen LogP contribution in [-0.2, 0) is 13.1 Å². The summed E-state index contributed by atoms with van der Waals surface area (Å²) in [6, 6.07) is 18.9. The summed E-state index contributed by atoms with van der Waals surface area (Å²) in [7, 11) is 1.60. The molecule has 162 valence electrons. The molecule has 7 heteroatoms. The molecule has 1 aromatic heterocycles. The van der Waals surface area contributed by atoms with Crippen molar-refractivity contribution in [1.82, 2.24) is 9.80 Å². The molecule has 0 unspecified atom stereocenters. The molecule has 1 aliphatic heterocycles. The summed E-state index contributed by atoms with van der Waals surface area (Å²) in [5, 5.41) is 5.68. The third-order valence-electron chi connectivity index (χ3n) is 5.37. The van der Waals surface area contributed by atoms with E-state index in [2.05, 4.69) is 32.6 Å². The minimum atomic E-state index is -0.284. The first-order valence-electron chi connectivity index (χ1n) is 10.5. The van der Waals surface area contributed by atoms with Crippen LogP contribution in [0.2, 0.25) is 0 Å². The Morgan fingerprint density at radius 2 is 1.61 bits per heavy atom. The largest absolute Gasteiger partial charge is 0.497 e. The van der Waals surface area contributed by atoms with Gasteiger partial charge in [-0.3, -0.25) is 9.80 Å². The lowest BCUT2D eigenvalue weighted by Crippen LogP contribution is -2.45. The fraction of sp³-hybridized carbons (Fsp3) is 0.292. The summed E-state index contributed by atoms with van der Waals surface area (Å²) < 4.78 is 10.6. The van der Waals surface area contributed by atoms with E-state index in [-0.39, 0.29) is 6.03 Å². The Morgan fingerprint density at radius 1 is 0.903 bits per heavy atom. The minimum absolute atomic E-state index is 0.284. The van der Waals surface area contributed by atoms with Crippen LogP contribution in [0, 0.1) is 0 Å². The van der Waals surface area contributed by atoms with Crippen molar-refractivity contribution >= 4 is 17.4 Å². The van der Waals surface area contributed by atoms with Gasteiger partial charge in [-0.05, 0) is 42.0 Å². The van der Waals surface area contributed by atoms with Gasteiger partial charge in [0.2, 0.25) is 0 Å². The zero-order valence-electron chi connectivity index (χ0n) is 17.7. The van der Waals surface area contributed by atoms with Gasteiger partial charge in [-0.15, -0.1) is 0 Å². The van der Waals surface area contributed by atoms with Gasteiger partial charge in [-0.2, -0.15) is 0 Å². The fourth-order valence-corrected chi connectivity index (χ4v) is 3.67. The van der Waals surface area contributed by atoms with Crippen molar-refractivity contribution < 1.29 is 13.9 Å². The van der Waals surface area contributed by atoms with E-state index < -0.39 is 0 Å². The van der Waals surface area contributed by atoms with E-state index in [4.69, 9.17) is 9.15 Å². The number of hydrogen-bond donors (Lipinski definition) is 2. The number of methoxy groups -OCH3 is 1. The summed E-state index contributed by atoms with van der Waals surface area (Å²) in [5.74, 6) is 1.72. The highest BCUT2D eigenvalue weighted by Gasteiger charge is 2.17. The summed E-state index contributed by atoms with van der Waals surface area (Å²) in [6.07, 6.45) is 1.73. The first-order chi connectivity index (χ1) is 15.2. The molecule has 2 heterocycles. The Hall–Kier alpha value is -3.29. The molecule has 0 atom stereocenters. The second kappa shape index (κ2) is 10.1. The van der Waals surface area contributed by atoms with Crippen LogP contribution >= 0.6 is 0 Å². The van der Waals surface area contributed by atoms with Crippen LogP contribution in [0.25, 0.3) is 0 Å². The molecule has 2 N–H and O–H groups in total. The fourth-order valence-electron chi connectivity index (χ4n) is 3.67. The lowest BCUT2D eigenvalue weighted by molar-refractivity contribution is 0.116. The summed E-state index contributed by atoms with van der Waals surface area (Å²) in [4.78, 5) is 17.1. The van der Waals surface area contributed by atoms with Gasteiger partial charge in [0, 0.05) is 50.2 Å². The molecule has 4 rings (SSSR count). The topological polar surface area (TPSA) is 70.0 Å². The third-order valence-corrected chi connectivity index (χ3v) is 5.37. The van der Waals surface area contributed by atoms with Crippen LogP contribution in [0.3, 0.4) is 0 Å². The van der Waals surface area contributed by atoms with Gasteiger partial charge in [-0.25, -0.2) is 4.79 Å². The molecule has 0 saturated carbocycles. The number of rotatable bonds is 7. The van der Waals surface area contributed by atoms with E-state index in [1.165, 1.54) is 5.56 Å². The van der Waals surface area contributed by atoms with Gasteiger partial charge in [0.05, 0.1) is 19.9 Å². The number of anilines is 2. The number of ether oxygens (including phenoxy) is 1. The van der Waals surface area contributed by atoms with Crippen LogP contribution < -0.4 is 15.4 Å². The Balaban J connectivity index is 1.22. The molecule has 2 aromatic carbocycles. The van der Waals surface area contributed by atoms with Crippen molar-refractivity contribution in [3.05, 3.63) is 78.3 Å². The number of benzene rings is 2. The van der Waals surface area contributed by atoms with Crippen molar-refractivity contribution in [1.29, 1.82) is 0 Å². The maximum atomic E-state index is 12.2. The molecule has 0 spiro atoms. The van der Waals surface area contributed by atoms with Gasteiger partial charge in [0.1, 0.15) is 11.5 Å². The number of carbonyl (C=O) groups excluding carboxylic acids is 1. The van der Waals surface area contributed by atoms with E-state index in [0.717, 1.165) is 50.7 Å². The first kappa shape index (κ1) is 21.0. The summed E-state index contributed by atoms with van der Waals surface area (Å²) in [5.41, 5.74) is 2.67. The van der Waals surface area contributed by atoms with Crippen molar-refractivity contribution in [2.75, 3.05) is 43.9 Å². The molecule has 31 heavy (non-hydrogen) atoms. The molecular weight excluding hydrogens is 392 g/mol. The predicted octanol–water partition coefficient (Wildman–Crippen LogP) is 4.25. The zero-order valence-corrected chi connectivity index (χ0v) is 17.7. The predicted molar refractivity (Wildman–Crippen MR) is 121 cm³/mol. The van der Waals surface area contributed by atoms with Gasteiger partial charge in [0.25, 0.3) is 0 Å². The maximum absolute atomic E-state index is 12.2. The molecule has 1 saturated heterocycles. The normalized spacial score (nSPS) is 14.9. The van der Waals surface area contributed by atoms with Gasteiger partial charge < -0.3 is 19.8 Å². The molecule has 0 radical (unpaired) electrons. The zero-order chi connectivity index (χ0) is 21.5. The van der Waals surface area contributed by atoms with Crippen LogP contribution in [0.5, 0.6) is 5.75 Å². The second-order valence-electron chi connectivity index (χ2n) is 7.64. The first-order valence-corrected chi connectivity index (χ1v) is 10.5. The summed E-state index contributed by atoms with van der Waals surface area (Å²) >= 11 is 0. The molecule has 3 aromatic rings. The van der Waals surface area contributed by atoms with Crippen molar-refractivity contribution in [2.24, 2.45) is 0 Å². The highest BCUT2D eigenvalue weighted by molar-refractivity contribution is 5.99. The summed E-state index contributed by atoms with van der Waals surface area (Å²) in [6.45, 7) is 5.91. The number of carbonyl (C=O) groups is 1. The number of urea groups is 1. The van der Waals surface area contributed by atoms with Crippen LogP contribution in [0.4, 0.5) is 16.2 Å². The SMILES string of the molecule is COc1cccc(NC(=O)Nc2ccc(CN3CCN(Cc4ccco4)CC3)cc2)c1. The lowest BCUT2D eigenvalue weighted by atomic mass is 10.1. The highest BCUT2D eigenvalue weighted by Crippen LogP contribution is 2.18. The standard InChI is InChI=1S/C24H28N4O3/c1-30-22-5-2-4-21(16-22)26-24(29)25-20-9-7-19(8-10-20)17-27-11-13-28(14-12-27)18-23-6-3-15-31-23/h2-10,15-16H,11-14,17-18H2,1H3,(H2,25,26,29). The Bertz CT molecular complexity index is 965. The second-order valence-corrected chi connectivity index (χ2v) is 7.64. The van der Waals surface area contributed by atoms with Crippen molar-refractivity contribution in [3.63, 3.8) is 0 Å². The molecule has 1 fully saturated rings. The Labute approximate surface area is 182 Å². The average molecular weight is 421 g/mol. The average Bonchev–Trinajstić information content (AvgIpc) is 3.29. The van der Waals surface area contributed by atoms with Gasteiger partial charge >= 0.3 is 6.03 Å². The van der Waals surface area contributed by atoms with Crippen LogP contribution in [0.15, 0.2) is 71.3 Å². The molecular formula is C24H28N4O3. The van der Waals surface area contributed by atoms with Crippen molar-refractivity contribution in [2.45, 2.75) is 13.1 Å². The molecule has 0 aliphatic carbocycles. The van der Waals surface area contributed by atoms with Crippen molar-refractivity contribution in [3.8, 4) is 5.75 Å². The maximum Gasteiger partial charge on any atom is 0.323 e. The number of nitrogens with one attached hydrogen (secondary N) is 2. The monoisotopic (exact) mass is 420 g/mol. The van der Waals surface area contributed by atoms with Crippen LogP contribution in [0.1, 0.15) is 11.3 Å². The van der Waals surface area contributed by atoms with Crippen LogP contribution in [-0.4, -0.2) is 49.1 Å². The number of piperazine rings is 1. The van der Waals surface area contributed by atoms with E-state index in [1.54, 1.807) is 19.4 Å². The Kier molecular flexibility index (Phi) is 6.86. The molecule has 2 amide bonds. The highest BCUT2D eigenvalue weighted by atomic mass is 16.5. The number of furan rings is 1. The van der Waals surface area contributed by atoms with Gasteiger partial charge in [0.15, 0.2) is 0 Å². The quantitative estimate of drug-likeness (QED) is 0.598. The number of amides is 2. The van der Waals surface area contributed by atoms with E-state index in [9.17, 15) is 4.79 Å². The molecule has 1 aliphatic rings. The van der Waals surface area contributed by atoms with Gasteiger partial charge in [-0.1, -0.05) is 18.2 Å². The van der Waals surface area contributed by atoms with E-state index >= 15 is 0 Å². The third kappa shape index (κ3) is 6.10. The molecule has 7 nitrogen and oxygen atoms in total. The molecule has 0 bridgehead atoms. The number of nitrogens with zero attached hydrogens (tertiary/aromatic N) is 2. The number of hydrogen-bond acceptors (Lipinski definition) is 5. The van der Waals surface area contributed by atoms with E-state index in [1.807, 2.05) is 42.5 Å². The Morgan fingerprint density at radius 3 is 2.29 bits per heavy atom. The minimum Gasteiger partial charge on any atom is -0.497 e.